The van der Waals surface area contributed by atoms with Crippen molar-refractivity contribution in [2.45, 2.75) is 11.3 Å². The Morgan fingerprint density at radius 3 is 2.77 bits per heavy atom. The first-order valence-corrected chi connectivity index (χ1v) is 11.3. The van der Waals surface area contributed by atoms with Crippen LogP contribution in [0.15, 0.2) is 70.1 Å². The Balaban J connectivity index is 1.26. The minimum absolute atomic E-state index is 0.00319. The van der Waals surface area contributed by atoms with Crippen LogP contribution in [0, 0.1) is 0 Å². The maximum absolute atomic E-state index is 12.3. The highest BCUT2D eigenvalue weighted by Gasteiger charge is 2.30. The average Bonchev–Trinajstić information content (AvgIpc) is 3.05. The van der Waals surface area contributed by atoms with Gasteiger partial charge in [-0.25, -0.2) is 0 Å². The normalized spacial score (nSPS) is 14.0. The first-order chi connectivity index (χ1) is 15.0. The lowest BCUT2D eigenvalue weighted by atomic mass is 10.2. The number of hydrogen-bond acceptors (Lipinski definition) is 6. The highest BCUT2D eigenvalue weighted by Crippen LogP contribution is 2.27. The summed E-state index contributed by atoms with van der Waals surface area (Å²) in [5.41, 5.74) is 1.32. The van der Waals surface area contributed by atoms with E-state index in [1.165, 1.54) is 11.0 Å². The molecule has 0 aliphatic carbocycles. The highest BCUT2D eigenvalue weighted by molar-refractivity contribution is 7.90. The second-order valence-corrected chi connectivity index (χ2v) is 8.70. The number of ether oxygens (including phenoxy) is 1. The van der Waals surface area contributed by atoms with E-state index in [2.05, 4.69) is 14.7 Å². The quantitative estimate of drug-likeness (QED) is 0.568. The fraction of sp³-hybridized carbons (Fsp3) is 0.227. The monoisotopic (exact) mass is 438 g/mol. The lowest BCUT2D eigenvalue weighted by Gasteiger charge is -2.18. The molecule has 1 aliphatic heterocycles. The Morgan fingerprint density at radius 2 is 1.90 bits per heavy atom. The molecule has 160 valence electrons. The Kier molecular flexibility index (Phi) is 5.85. The number of aromatic nitrogens is 1. The summed E-state index contributed by atoms with van der Waals surface area (Å²) in [6.45, 7) is 0.868. The predicted molar refractivity (Wildman–Crippen MR) is 118 cm³/mol. The van der Waals surface area contributed by atoms with Crippen molar-refractivity contribution in [2.24, 2.45) is 4.40 Å². The zero-order valence-corrected chi connectivity index (χ0v) is 17.8. The van der Waals surface area contributed by atoms with E-state index >= 15 is 0 Å². The molecule has 1 amide bonds. The molecule has 3 aromatic rings. The van der Waals surface area contributed by atoms with Crippen molar-refractivity contribution in [3.05, 3.63) is 66.4 Å². The number of fused-ring (bicyclic) bond motifs is 2. The fourth-order valence-corrected chi connectivity index (χ4v) is 4.64. The zero-order valence-electron chi connectivity index (χ0n) is 17.0. The molecule has 0 bridgehead atoms. The van der Waals surface area contributed by atoms with Gasteiger partial charge in [0.05, 0.1) is 13.2 Å². The van der Waals surface area contributed by atoms with Crippen molar-refractivity contribution in [1.29, 1.82) is 0 Å². The van der Waals surface area contributed by atoms with Crippen molar-refractivity contribution < 1.29 is 17.9 Å². The van der Waals surface area contributed by atoms with Crippen LogP contribution in [0.3, 0.4) is 0 Å². The average molecular weight is 439 g/mol. The van der Waals surface area contributed by atoms with Crippen LogP contribution in [0.5, 0.6) is 5.75 Å². The predicted octanol–water partition coefficient (Wildman–Crippen LogP) is 2.20. The van der Waals surface area contributed by atoms with Gasteiger partial charge in [-0.1, -0.05) is 30.3 Å². The number of benzene rings is 2. The topological polar surface area (TPSA) is 101 Å². The van der Waals surface area contributed by atoms with Gasteiger partial charge in [0, 0.05) is 30.7 Å². The van der Waals surface area contributed by atoms with E-state index in [0.29, 0.717) is 30.9 Å². The van der Waals surface area contributed by atoms with E-state index < -0.39 is 10.0 Å². The molecule has 31 heavy (non-hydrogen) atoms. The summed E-state index contributed by atoms with van der Waals surface area (Å²) in [5.74, 6) is 0.764. The molecule has 1 N–H and O–H groups in total. The first kappa shape index (κ1) is 20.8. The molecular weight excluding hydrogens is 416 g/mol. The van der Waals surface area contributed by atoms with Crippen molar-refractivity contribution in [3.8, 4) is 5.75 Å². The van der Waals surface area contributed by atoms with Crippen LogP contribution in [0.2, 0.25) is 0 Å². The van der Waals surface area contributed by atoms with E-state index in [4.69, 9.17) is 4.74 Å². The number of carbonyl (C=O) groups excluding carboxylic acids is 1. The summed E-state index contributed by atoms with van der Waals surface area (Å²) in [6, 6.07) is 16.2. The summed E-state index contributed by atoms with van der Waals surface area (Å²) < 4.78 is 34.0. The number of likely N-dealkylation sites (N-methyl/N-ethyl adjacent to an activating group) is 1. The zero-order chi connectivity index (χ0) is 21.8. The van der Waals surface area contributed by atoms with Gasteiger partial charge in [0.25, 0.3) is 10.0 Å². The number of sulfonamides is 1. The van der Waals surface area contributed by atoms with Gasteiger partial charge in [0.2, 0.25) is 5.91 Å². The molecule has 0 atom stereocenters. The standard InChI is InChI=1S/C22H22N4O4S/c1-26(22-17-9-2-3-11-19(17)31(28,29)25-22)15-20(27)23-13-6-14-30-18-10-4-7-16-8-5-12-24-21(16)18/h2-5,7-12H,6,13-15H2,1H3,(H,23,27). The second-order valence-electron chi connectivity index (χ2n) is 7.13. The molecule has 9 heteroatoms. The van der Waals surface area contributed by atoms with Gasteiger partial charge in [-0.3, -0.25) is 9.78 Å². The third-order valence-electron chi connectivity index (χ3n) is 4.85. The van der Waals surface area contributed by atoms with Crippen molar-refractivity contribution >= 4 is 32.7 Å². The van der Waals surface area contributed by atoms with Crippen molar-refractivity contribution in [2.75, 3.05) is 26.7 Å². The number of amidine groups is 1. The molecule has 0 fully saturated rings. The molecular formula is C22H22N4O4S. The number of nitrogens with one attached hydrogen (secondary N) is 1. The Bertz CT molecular complexity index is 1250. The summed E-state index contributed by atoms with van der Waals surface area (Å²) in [6.07, 6.45) is 2.35. The molecule has 0 saturated heterocycles. The fourth-order valence-electron chi connectivity index (χ4n) is 3.38. The van der Waals surface area contributed by atoms with Gasteiger partial charge in [-0.05, 0) is 30.7 Å². The summed E-state index contributed by atoms with van der Waals surface area (Å²) in [5, 5.41) is 3.83. The molecule has 4 rings (SSSR count). The van der Waals surface area contributed by atoms with E-state index in [9.17, 15) is 13.2 Å². The molecule has 0 saturated carbocycles. The number of rotatable bonds is 7. The molecule has 2 aromatic carbocycles. The molecule has 0 radical (unpaired) electrons. The van der Waals surface area contributed by atoms with Crippen LogP contribution in [0.1, 0.15) is 12.0 Å². The maximum atomic E-state index is 12.3. The molecule has 0 unspecified atom stereocenters. The minimum Gasteiger partial charge on any atom is -0.491 e. The van der Waals surface area contributed by atoms with Gasteiger partial charge in [-0.15, -0.1) is 4.40 Å². The number of para-hydroxylation sites is 1. The third-order valence-corrected chi connectivity index (χ3v) is 6.18. The largest absolute Gasteiger partial charge is 0.491 e. The number of carbonyl (C=O) groups is 1. The van der Waals surface area contributed by atoms with Crippen LogP contribution >= 0.6 is 0 Å². The summed E-state index contributed by atoms with van der Waals surface area (Å²) in [4.78, 5) is 18.3. The van der Waals surface area contributed by atoms with Gasteiger partial charge in [-0.2, -0.15) is 8.42 Å². The van der Waals surface area contributed by atoms with Crippen LogP contribution < -0.4 is 10.1 Å². The Morgan fingerprint density at radius 1 is 1.10 bits per heavy atom. The van der Waals surface area contributed by atoms with Crippen LogP contribution in [0.4, 0.5) is 0 Å². The summed E-state index contributed by atoms with van der Waals surface area (Å²) in [7, 11) is -2.06. The van der Waals surface area contributed by atoms with Crippen LogP contribution in [0.25, 0.3) is 10.9 Å². The first-order valence-electron chi connectivity index (χ1n) is 9.84. The Hall–Kier alpha value is -3.46. The van der Waals surface area contributed by atoms with Crippen molar-refractivity contribution in [3.63, 3.8) is 0 Å². The second kappa shape index (κ2) is 8.73. The number of amides is 1. The smallest absolute Gasteiger partial charge is 0.285 e. The van der Waals surface area contributed by atoms with E-state index in [1.807, 2.05) is 30.3 Å². The van der Waals surface area contributed by atoms with Crippen LogP contribution in [-0.2, 0) is 14.8 Å². The lowest BCUT2D eigenvalue weighted by Crippen LogP contribution is -2.38. The third kappa shape index (κ3) is 4.51. The highest BCUT2D eigenvalue weighted by atomic mass is 32.2. The minimum atomic E-state index is -3.71. The maximum Gasteiger partial charge on any atom is 0.285 e. The van der Waals surface area contributed by atoms with E-state index in [0.717, 1.165) is 10.9 Å². The van der Waals surface area contributed by atoms with Gasteiger partial charge < -0.3 is 15.0 Å². The molecule has 1 aliphatic rings. The number of hydrogen-bond donors (Lipinski definition) is 1. The number of nitrogens with zero attached hydrogens (tertiary/aromatic N) is 3. The molecule has 2 heterocycles. The molecule has 0 spiro atoms. The Labute approximate surface area is 180 Å². The van der Waals surface area contributed by atoms with E-state index in [1.54, 1.807) is 31.4 Å². The number of pyridine rings is 1. The van der Waals surface area contributed by atoms with Crippen LogP contribution in [-0.4, -0.2) is 56.8 Å². The van der Waals surface area contributed by atoms with Crippen molar-refractivity contribution in [1.82, 2.24) is 15.2 Å². The molecule has 1 aromatic heterocycles. The van der Waals surface area contributed by atoms with Gasteiger partial charge in [0.1, 0.15) is 16.2 Å². The van der Waals surface area contributed by atoms with Gasteiger partial charge >= 0.3 is 0 Å². The lowest BCUT2D eigenvalue weighted by molar-refractivity contribution is -0.121. The SMILES string of the molecule is CN(CC(=O)NCCCOc1cccc2cccnc12)C1=NS(=O)(=O)c2ccccc21. The van der Waals surface area contributed by atoms with Gasteiger partial charge in [0.15, 0.2) is 5.84 Å². The summed E-state index contributed by atoms with van der Waals surface area (Å²) >= 11 is 0. The molecule has 8 nitrogen and oxygen atoms in total. The van der Waals surface area contributed by atoms with E-state index in [-0.39, 0.29) is 23.2 Å².